The van der Waals surface area contributed by atoms with E-state index in [1.165, 1.54) is 6.08 Å². The van der Waals surface area contributed by atoms with Gasteiger partial charge < -0.3 is 4.74 Å². The van der Waals surface area contributed by atoms with Gasteiger partial charge in [-0.2, -0.15) is 5.26 Å². The molecule has 88 valence electrons. The number of nitriles is 1. The van der Waals surface area contributed by atoms with Crippen LogP contribution in [0.1, 0.15) is 11.1 Å². The molecule has 2 aromatic rings. The van der Waals surface area contributed by atoms with Crippen LogP contribution in [0.15, 0.2) is 60.7 Å². The fourth-order valence-corrected chi connectivity index (χ4v) is 1.62. The SMILES string of the molecule is Cc1ccccc1O/C(=C\C#N)c1ccccc1. The van der Waals surface area contributed by atoms with Gasteiger partial charge in [-0.25, -0.2) is 0 Å². The normalized spacial score (nSPS) is 10.8. The highest BCUT2D eigenvalue weighted by atomic mass is 16.5. The molecule has 0 aliphatic rings. The van der Waals surface area contributed by atoms with Crippen molar-refractivity contribution < 1.29 is 4.74 Å². The molecular formula is C16H13NO. The summed E-state index contributed by atoms with van der Waals surface area (Å²) < 4.78 is 5.81. The third-order valence-electron chi connectivity index (χ3n) is 2.57. The van der Waals surface area contributed by atoms with Crippen LogP contribution in [0.25, 0.3) is 5.76 Å². The highest BCUT2D eigenvalue weighted by Crippen LogP contribution is 2.23. The fraction of sp³-hybridized carbons (Fsp3) is 0.0625. The van der Waals surface area contributed by atoms with E-state index in [1.807, 2.05) is 67.6 Å². The first-order valence-electron chi connectivity index (χ1n) is 5.70. The zero-order chi connectivity index (χ0) is 12.8. The van der Waals surface area contributed by atoms with Crippen molar-refractivity contribution in [1.82, 2.24) is 0 Å². The van der Waals surface area contributed by atoms with Gasteiger partial charge in [0.1, 0.15) is 11.5 Å². The van der Waals surface area contributed by atoms with E-state index in [4.69, 9.17) is 10.00 Å². The summed E-state index contributed by atoms with van der Waals surface area (Å²) in [5, 5.41) is 8.84. The molecule has 0 aliphatic heterocycles. The maximum atomic E-state index is 8.84. The highest BCUT2D eigenvalue weighted by molar-refractivity contribution is 5.64. The molecule has 18 heavy (non-hydrogen) atoms. The minimum Gasteiger partial charge on any atom is -0.456 e. The molecule has 0 N–H and O–H groups in total. The second-order valence-electron chi connectivity index (χ2n) is 3.87. The minimum atomic E-state index is 0.562. The second-order valence-corrected chi connectivity index (χ2v) is 3.87. The smallest absolute Gasteiger partial charge is 0.145 e. The molecule has 0 saturated heterocycles. The number of benzene rings is 2. The van der Waals surface area contributed by atoms with Crippen LogP contribution >= 0.6 is 0 Å². The Kier molecular flexibility index (Phi) is 3.78. The van der Waals surface area contributed by atoms with Crippen LogP contribution in [0.5, 0.6) is 5.75 Å². The van der Waals surface area contributed by atoms with Gasteiger partial charge >= 0.3 is 0 Å². The van der Waals surface area contributed by atoms with E-state index in [-0.39, 0.29) is 0 Å². The third-order valence-corrected chi connectivity index (χ3v) is 2.57. The highest BCUT2D eigenvalue weighted by Gasteiger charge is 2.05. The van der Waals surface area contributed by atoms with Crippen LogP contribution in [0.3, 0.4) is 0 Å². The average molecular weight is 235 g/mol. The molecular weight excluding hydrogens is 222 g/mol. The lowest BCUT2D eigenvalue weighted by molar-refractivity contribution is 0.511. The van der Waals surface area contributed by atoms with Crippen LogP contribution in [0.2, 0.25) is 0 Å². The molecule has 0 fully saturated rings. The van der Waals surface area contributed by atoms with Crippen molar-refractivity contribution in [3.05, 3.63) is 71.8 Å². The van der Waals surface area contributed by atoms with Gasteiger partial charge in [-0.1, -0.05) is 48.5 Å². The van der Waals surface area contributed by atoms with Crippen LogP contribution in [0, 0.1) is 18.3 Å². The zero-order valence-electron chi connectivity index (χ0n) is 10.1. The van der Waals surface area contributed by atoms with Crippen LogP contribution < -0.4 is 4.74 Å². The Labute approximate surface area is 107 Å². The Morgan fingerprint density at radius 1 is 1.06 bits per heavy atom. The lowest BCUT2D eigenvalue weighted by Crippen LogP contribution is -1.96. The number of para-hydroxylation sites is 1. The van der Waals surface area contributed by atoms with Crippen molar-refractivity contribution in [1.29, 1.82) is 5.26 Å². The van der Waals surface area contributed by atoms with E-state index in [0.717, 1.165) is 16.9 Å². The third kappa shape index (κ3) is 2.78. The van der Waals surface area contributed by atoms with E-state index in [1.54, 1.807) is 0 Å². The summed E-state index contributed by atoms with van der Waals surface area (Å²) in [7, 11) is 0. The predicted molar refractivity (Wildman–Crippen MR) is 71.8 cm³/mol. The van der Waals surface area contributed by atoms with E-state index in [9.17, 15) is 0 Å². The first-order chi connectivity index (χ1) is 8.81. The lowest BCUT2D eigenvalue weighted by atomic mass is 10.1. The lowest BCUT2D eigenvalue weighted by Gasteiger charge is -2.11. The van der Waals surface area contributed by atoms with Crippen molar-refractivity contribution in [3.8, 4) is 11.8 Å². The number of hydrogen-bond donors (Lipinski definition) is 0. The van der Waals surface area contributed by atoms with Gasteiger partial charge in [-0.05, 0) is 18.6 Å². The van der Waals surface area contributed by atoms with Crippen LogP contribution in [-0.2, 0) is 0 Å². The topological polar surface area (TPSA) is 33.0 Å². The first-order valence-corrected chi connectivity index (χ1v) is 5.70. The molecule has 2 heteroatoms. The molecule has 0 amide bonds. The Morgan fingerprint density at radius 3 is 2.39 bits per heavy atom. The van der Waals surface area contributed by atoms with Gasteiger partial charge in [0.2, 0.25) is 0 Å². The van der Waals surface area contributed by atoms with Crippen molar-refractivity contribution in [2.45, 2.75) is 6.92 Å². The summed E-state index contributed by atoms with van der Waals surface area (Å²) >= 11 is 0. The van der Waals surface area contributed by atoms with Crippen LogP contribution in [0.4, 0.5) is 0 Å². The summed E-state index contributed by atoms with van der Waals surface area (Å²) in [5.41, 5.74) is 1.93. The zero-order valence-corrected chi connectivity index (χ0v) is 10.1. The summed E-state index contributed by atoms with van der Waals surface area (Å²) in [6, 6.07) is 19.4. The van der Waals surface area contributed by atoms with E-state index in [2.05, 4.69) is 0 Å². The number of aryl methyl sites for hydroxylation is 1. The Morgan fingerprint density at radius 2 is 1.72 bits per heavy atom. The van der Waals surface area contributed by atoms with Gasteiger partial charge in [0.15, 0.2) is 0 Å². The monoisotopic (exact) mass is 235 g/mol. The molecule has 0 spiro atoms. The molecule has 2 rings (SSSR count). The summed E-state index contributed by atoms with van der Waals surface area (Å²) in [6.45, 7) is 1.98. The van der Waals surface area contributed by atoms with Gasteiger partial charge in [-0.15, -0.1) is 0 Å². The van der Waals surface area contributed by atoms with Crippen molar-refractivity contribution in [2.24, 2.45) is 0 Å². The number of hydrogen-bond acceptors (Lipinski definition) is 2. The van der Waals surface area contributed by atoms with Gasteiger partial charge in [0.25, 0.3) is 0 Å². The Bertz CT molecular complexity index is 594. The Balaban J connectivity index is 2.33. The summed E-state index contributed by atoms with van der Waals surface area (Å²) in [5.74, 6) is 1.33. The van der Waals surface area contributed by atoms with Gasteiger partial charge in [0, 0.05) is 5.56 Å². The maximum Gasteiger partial charge on any atom is 0.145 e. The molecule has 2 nitrogen and oxygen atoms in total. The van der Waals surface area contributed by atoms with Gasteiger partial charge in [-0.3, -0.25) is 0 Å². The predicted octanol–water partition coefficient (Wildman–Crippen LogP) is 3.94. The number of allylic oxidation sites excluding steroid dienone is 1. The van der Waals surface area contributed by atoms with Gasteiger partial charge in [0.05, 0.1) is 12.1 Å². The van der Waals surface area contributed by atoms with Crippen molar-refractivity contribution >= 4 is 5.76 Å². The summed E-state index contributed by atoms with van der Waals surface area (Å²) in [4.78, 5) is 0. The minimum absolute atomic E-state index is 0.562. The molecule has 0 aliphatic carbocycles. The Hall–Kier alpha value is -2.53. The molecule has 0 unspecified atom stereocenters. The molecule has 0 bridgehead atoms. The first kappa shape index (κ1) is 11.9. The number of rotatable bonds is 3. The summed E-state index contributed by atoms with van der Waals surface area (Å²) in [6.07, 6.45) is 1.42. The molecule has 0 heterocycles. The quantitative estimate of drug-likeness (QED) is 0.596. The van der Waals surface area contributed by atoms with Crippen molar-refractivity contribution in [3.63, 3.8) is 0 Å². The largest absolute Gasteiger partial charge is 0.456 e. The van der Waals surface area contributed by atoms with E-state index in [0.29, 0.717) is 5.76 Å². The molecule has 2 aromatic carbocycles. The average Bonchev–Trinajstić information content (AvgIpc) is 2.42. The van der Waals surface area contributed by atoms with Crippen molar-refractivity contribution in [2.75, 3.05) is 0 Å². The van der Waals surface area contributed by atoms with E-state index >= 15 is 0 Å². The molecule has 0 atom stereocenters. The molecule has 0 aromatic heterocycles. The van der Waals surface area contributed by atoms with E-state index < -0.39 is 0 Å². The molecule has 0 saturated carbocycles. The number of ether oxygens (including phenoxy) is 1. The molecule has 0 radical (unpaired) electrons. The number of nitrogens with zero attached hydrogens (tertiary/aromatic N) is 1. The second kappa shape index (κ2) is 5.70. The maximum absolute atomic E-state index is 8.84. The fourth-order valence-electron chi connectivity index (χ4n) is 1.62. The standard InChI is InChI=1S/C16H13NO/c1-13-7-5-6-10-15(13)18-16(11-12-17)14-8-3-2-4-9-14/h2-11H,1H3/b16-11-. The van der Waals surface area contributed by atoms with Crippen LogP contribution in [-0.4, -0.2) is 0 Å².